The average molecular weight is 334 g/mol. The SMILES string of the molecule is CCCNC(CCC(C)C)c1c(F)ccc(Br)c1F. The van der Waals surface area contributed by atoms with Crippen molar-refractivity contribution in [2.45, 2.75) is 46.1 Å². The summed E-state index contributed by atoms with van der Waals surface area (Å²) >= 11 is 3.13. The molecule has 0 spiro atoms. The van der Waals surface area contributed by atoms with E-state index in [0.29, 0.717) is 10.4 Å². The van der Waals surface area contributed by atoms with Gasteiger partial charge < -0.3 is 5.32 Å². The van der Waals surface area contributed by atoms with Crippen LogP contribution < -0.4 is 5.32 Å². The van der Waals surface area contributed by atoms with Gasteiger partial charge >= 0.3 is 0 Å². The molecule has 0 aliphatic heterocycles. The van der Waals surface area contributed by atoms with Crippen molar-refractivity contribution in [1.82, 2.24) is 5.32 Å². The van der Waals surface area contributed by atoms with Crippen LogP contribution in [0.5, 0.6) is 0 Å². The van der Waals surface area contributed by atoms with Crippen molar-refractivity contribution >= 4 is 15.9 Å². The Morgan fingerprint density at radius 3 is 2.47 bits per heavy atom. The van der Waals surface area contributed by atoms with E-state index in [0.717, 1.165) is 25.8 Å². The predicted octanol–water partition coefficient (Wildman–Crippen LogP) is 5.20. The summed E-state index contributed by atoms with van der Waals surface area (Å²) in [5.74, 6) is -0.445. The highest BCUT2D eigenvalue weighted by molar-refractivity contribution is 9.10. The van der Waals surface area contributed by atoms with E-state index in [1.54, 1.807) is 0 Å². The zero-order valence-electron chi connectivity index (χ0n) is 11.8. The van der Waals surface area contributed by atoms with Gasteiger partial charge in [-0.15, -0.1) is 0 Å². The lowest BCUT2D eigenvalue weighted by atomic mass is 9.96. The van der Waals surface area contributed by atoms with Crippen LogP contribution in [0.3, 0.4) is 0 Å². The van der Waals surface area contributed by atoms with Crippen LogP contribution in [0.25, 0.3) is 0 Å². The molecule has 1 nitrogen and oxygen atoms in total. The Morgan fingerprint density at radius 2 is 1.89 bits per heavy atom. The minimum absolute atomic E-state index is 0.156. The van der Waals surface area contributed by atoms with Gasteiger partial charge in [0.05, 0.1) is 4.47 Å². The van der Waals surface area contributed by atoms with Crippen LogP contribution in [-0.2, 0) is 0 Å². The van der Waals surface area contributed by atoms with Gasteiger partial charge in [-0.1, -0.05) is 20.8 Å². The maximum absolute atomic E-state index is 14.1. The Bertz CT molecular complexity index is 407. The normalized spacial score (nSPS) is 13.0. The first-order valence-corrected chi connectivity index (χ1v) is 7.63. The Morgan fingerprint density at radius 1 is 1.21 bits per heavy atom. The van der Waals surface area contributed by atoms with Gasteiger partial charge in [0.25, 0.3) is 0 Å². The lowest BCUT2D eigenvalue weighted by Crippen LogP contribution is -2.24. The molecule has 0 saturated heterocycles. The van der Waals surface area contributed by atoms with E-state index in [9.17, 15) is 8.78 Å². The molecule has 0 radical (unpaired) electrons. The molecule has 0 aromatic heterocycles. The van der Waals surface area contributed by atoms with Crippen molar-refractivity contribution in [1.29, 1.82) is 0 Å². The third-order valence-corrected chi connectivity index (χ3v) is 3.71. The van der Waals surface area contributed by atoms with E-state index < -0.39 is 11.6 Å². The predicted molar refractivity (Wildman–Crippen MR) is 79.2 cm³/mol. The molecule has 4 heteroatoms. The Kier molecular flexibility index (Phi) is 6.94. The first kappa shape index (κ1) is 16.6. The molecule has 1 atom stereocenters. The molecule has 1 aromatic carbocycles. The Hall–Kier alpha value is -0.480. The lowest BCUT2D eigenvalue weighted by molar-refractivity contribution is 0.409. The van der Waals surface area contributed by atoms with E-state index in [2.05, 4.69) is 35.1 Å². The molecule has 1 aromatic rings. The molecular weight excluding hydrogens is 312 g/mol. The quantitative estimate of drug-likeness (QED) is 0.676. The zero-order chi connectivity index (χ0) is 14.4. The van der Waals surface area contributed by atoms with Crippen LogP contribution in [0.2, 0.25) is 0 Å². The van der Waals surface area contributed by atoms with Crippen LogP contribution >= 0.6 is 15.9 Å². The van der Waals surface area contributed by atoms with Crippen molar-refractivity contribution in [3.63, 3.8) is 0 Å². The van der Waals surface area contributed by atoms with E-state index in [-0.39, 0.29) is 11.6 Å². The van der Waals surface area contributed by atoms with Crippen LogP contribution in [0, 0.1) is 17.6 Å². The summed E-state index contributed by atoms with van der Waals surface area (Å²) in [5, 5.41) is 3.25. The first-order chi connectivity index (χ1) is 8.97. The third kappa shape index (κ3) is 4.84. The fourth-order valence-electron chi connectivity index (χ4n) is 2.03. The molecular formula is C15H22BrF2N. The van der Waals surface area contributed by atoms with Crippen molar-refractivity contribution in [3.8, 4) is 0 Å². The minimum Gasteiger partial charge on any atom is -0.310 e. The number of hydrogen-bond acceptors (Lipinski definition) is 1. The molecule has 0 aliphatic rings. The largest absolute Gasteiger partial charge is 0.310 e. The summed E-state index contributed by atoms with van der Waals surface area (Å²) in [6, 6.07) is 2.46. The maximum atomic E-state index is 14.1. The zero-order valence-corrected chi connectivity index (χ0v) is 13.4. The van der Waals surface area contributed by atoms with Crippen LogP contribution in [-0.4, -0.2) is 6.54 Å². The second-order valence-corrected chi connectivity index (χ2v) is 6.09. The number of halogens is 3. The van der Waals surface area contributed by atoms with E-state index in [1.807, 2.05) is 6.92 Å². The summed E-state index contributed by atoms with van der Waals surface area (Å²) in [7, 11) is 0. The molecule has 1 rings (SSSR count). The van der Waals surface area contributed by atoms with Gasteiger partial charge in [-0.25, -0.2) is 8.78 Å². The maximum Gasteiger partial charge on any atom is 0.145 e. The van der Waals surface area contributed by atoms with Crippen LogP contribution in [0.1, 0.15) is 51.6 Å². The molecule has 0 amide bonds. The summed E-state index contributed by atoms with van der Waals surface area (Å²) in [6.45, 7) is 7.03. The molecule has 108 valence electrons. The van der Waals surface area contributed by atoms with Crippen molar-refractivity contribution in [2.75, 3.05) is 6.54 Å². The molecule has 0 bridgehead atoms. The number of benzene rings is 1. The average Bonchev–Trinajstić information content (AvgIpc) is 2.36. The number of nitrogens with one attached hydrogen (secondary N) is 1. The smallest absolute Gasteiger partial charge is 0.145 e. The van der Waals surface area contributed by atoms with Crippen molar-refractivity contribution < 1.29 is 8.78 Å². The van der Waals surface area contributed by atoms with Gasteiger partial charge in [0.2, 0.25) is 0 Å². The van der Waals surface area contributed by atoms with Crippen LogP contribution in [0.4, 0.5) is 8.78 Å². The second-order valence-electron chi connectivity index (χ2n) is 5.23. The van der Waals surface area contributed by atoms with Gasteiger partial charge in [-0.2, -0.15) is 0 Å². The molecule has 0 aliphatic carbocycles. The highest BCUT2D eigenvalue weighted by Crippen LogP contribution is 2.30. The van der Waals surface area contributed by atoms with E-state index in [1.165, 1.54) is 12.1 Å². The monoisotopic (exact) mass is 333 g/mol. The molecule has 1 unspecified atom stereocenters. The fourth-order valence-corrected chi connectivity index (χ4v) is 2.37. The fraction of sp³-hybridized carbons (Fsp3) is 0.600. The summed E-state index contributed by atoms with van der Waals surface area (Å²) in [4.78, 5) is 0. The topological polar surface area (TPSA) is 12.0 Å². The third-order valence-electron chi connectivity index (χ3n) is 3.10. The molecule has 0 fully saturated rings. The van der Waals surface area contributed by atoms with Gasteiger partial charge in [0.15, 0.2) is 0 Å². The highest BCUT2D eigenvalue weighted by Gasteiger charge is 2.21. The first-order valence-electron chi connectivity index (χ1n) is 6.84. The summed E-state index contributed by atoms with van der Waals surface area (Å²) in [5.41, 5.74) is 0.156. The number of rotatable bonds is 7. The van der Waals surface area contributed by atoms with Crippen molar-refractivity contribution in [2.24, 2.45) is 5.92 Å². The van der Waals surface area contributed by atoms with E-state index in [4.69, 9.17) is 0 Å². The Labute approximate surface area is 122 Å². The van der Waals surface area contributed by atoms with Crippen molar-refractivity contribution in [3.05, 3.63) is 33.8 Å². The van der Waals surface area contributed by atoms with Gasteiger partial charge in [0, 0.05) is 11.6 Å². The van der Waals surface area contributed by atoms with E-state index >= 15 is 0 Å². The summed E-state index contributed by atoms with van der Waals surface area (Å²) in [6.07, 6.45) is 2.62. The highest BCUT2D eigenvalue weighted by atomic mass is 79.9. The van der Waals surface area contributed by atoms with Gasteiger partial charge in [0.1, 0.15) is 11.6 Å². The Balaban J connectivity index is 2.98. The lowest BCUT2D eigenvalue weighted by Gasteiger charge is -2.21. The number of hydrogen-bond donors (Lipinski definition) is 1. The summed E-state index contributed by atoms with van der Waals surface area (Å²) < 4.78 is 28.4. The van der Waals surface area contributed by atoms with Gasteiger partial charge in [-0.3, -0.25) is 0 Å². The standard InChI is InChI=1S/C15H22BrF2N/c1-4-9-19-13(8-5-10(2)3)14-12(17)7-6-11(16)15(14)18/h6-7,10,13,19H,4-5,8-9H2,1-3H3. The minimum atomic E-state index is -0.489. The molecule has 0 saturated carbocycles. The molecule has 19 heavy (non-hydrogen) atoms. The molecule has 1 N–H and O–H groups in total. The molecule has 0 heterocycles. The van der Waals surface area contributed by atoms with Gasteiger partial charge in [-0.05, 0) is 59.8 Å². The van der Waals surface area contributed by atoms with Crippen LogP contribution in [0.15, 0.2) is 16.6 Å². The second kappa shape index (κ2) is 7.95.